The van der Waals surface area contributed by atoms with Crippen LogP contribution in [0.15, 0.2) is 30.3 Å². The molecule has 0 N–H and O–H groups in total. The molecule has 1 heterocycles. The number of ketones is 1. The summed E-state index contributed by atoms with van der Waals surface area (Å²) in [6, 6.07) is 7.86. The Morgan fingerprint density at radius 2 is 2.00 bits per heavy atom. The summed E-state index contributed by atoms with van der Waals surface area (Å²) < 4.78 is 12.2. The van der Waals surface area contributed by atoms with Crippen molar-refractivity contribution < 1.29 is 14.0 Å². The first-order valence-corrected chi connectivity index (χ1v) is 10.9. The van der Waals surface area contributed by atoms with Crippen molar-refractivity contribution in [1.29, 1.82) is 0 Å². The Morgan fingerprint density at radius 3 is 2.62 bits per heavy atom. The molecule has 2 unspecified atom stereocenters. The standard InChI is InChI=1S/C17H24O3Si/c1-6-14(18)12(2)16-11-17(20-21(3,4)5)13-9-7-8-10-15(13)19-16/h7-12,16H,6H2,1-5H3. The molecular weight excluding hydrogens is 280 g/mol. The van der Waals surface area contributed by atoms with Gasteiger partial charge >= 0.3 is 0 Å². The van der Waals surface area contributed by atoms with Crippen LogP contribution in [0.2, 0.25) is 19.6 Å². The van der Waals surface area contributed by atoms with E-state index in [1.54, 1.807) is 0 Å². The van der Waals surface area contributed by atoms with Gasteiger partial charge in [-0.25, -0.2) is 0 Å². The number of carbonyl (C=O) groups excluding carboxylic acids is 1. The van der Waals surface area contributed by atoms with E-state index in [0.717, 1.165) is 17.1 Å². The van der Waals surface area contributed by atoms with Crippen LogP contribution < -0.4 is 4.74 Å². The van der Waals surface area contributed by atoms with Crippen LogP contribution >= 0.6 is 0 Å². The van der Waals surface area contributed by atoms with Crippen molar-refractivity contribution in [3.05, 3.63) is 35.9 Å². The highest BCUT2D eigenvalue weighted by atomic mass is 28.4. The lowest BCUT2D eigenvalue weighted by Gasteiger charge is -2.31. The molecule has 0 saturated carbocycles. The van der Waals surface area contributed by atoms with E-state index in [1.165, 1.54) is 0 Å². The number of benzene rings is 1. The van der Waals surface area contributed by atoms with Gasteiger partial charge in [-0.2, -0.15) is 0 Å². The van der Waals surface area contributed by atoms with Gasteiger partial charge in [0.1, 0.15) is 23.4 Å². The summed E-state index contributed by atoms with van der Waals surface area (Å²) in [4.78, 5) is 12.0. The Kier molecular flexibility index (Phi) is 4.57. The molecule has 1 aromatic carbocycles. The maximum atomic E-state index is 12.0. The first-order valence-electron chi connectivity index (χ1n) is 7.51. The number of carbonyl (C=O) groups is 1. The summed E-state index contributed by atoms with van der Waals surface area (Å²) in [7, 11) is -1.72. The minimum atomic E-state index is -1.72. The largest absolute Gasteiger partial charge is 0.544 e. The van der Waals surface area contributed by atoms with Gasteiger partial charge in [0.2, 0.25) is 8.32 Å². The third kappa shape index (κ3) is 3.76. The van der Waals surface area contributed by atoms with Crippen LogP contribution in [-0.2, 0) is 9.22 Å². The lowest BCUT2D eigenvalue weighted by atomic mass is 9.94. The average molecular weight is 304 g/mol. The molecule has 3 nitrogen and oxygen atoms in total. The molecule has 0 saturated heterocycles. The number of para-hydroxylation sites is 1. The van der Waals surface area contributed by atoms with Crippen LogP contribution in [0.5, 0.6) is 5.75 Å². The second-order valence-electron chi connectivity index (χ2n) is 6.43. The van der Waals surface area contributed by atoms with Crippen molar-refractivity contribution in [2.45, 2.75) is 46.0 Å². The van der Waals surface area contributed by atoms with Crippen LogP contribution in [0.25, 0.3) is 5.76 Å². The van der Waals surface area contributed by atoms with Crippen LogP contribution in [0.3, 0.4) is 0 Å². The Morgan fingerprint density at radius 1 is 1.33 bits per heavy atom. The normalized spacial score (nSPS) is 19.1. The van der Waals surface area contributed by atoms with Gasteiger partial charge < -0.3 is 9.16 Å². The van der Waals surface area contributed by atoms with E-state index in [1.807, 2.05) is 44.2 Å². The van der Waals surface area contributed by atoms with Gasteiger partial charge in [0.05, 0.1) is 11.5 Å². The third-order valence-corrected chi connectivity index (χ3v) is 4.33. The molecule has 2 rings (SSSR count). The molecule has 114 valence electrons. The fourth-order valence-electron chi connectivity index (χ4n) is 2.36. The molecule has 0 spiro atoms. The molecule has 0 aliphatic carbocycles. The Hall–Kier alpha value is -1.55. The second kappa shape index (κ2) is 6.06. The van der Waals surface area contributed by atoms with Crippen LogP contribution in [0.4, 0.5) is 0 Å². The van der Waals surface area contributed by atoms with E-state index < -0.39 is 8.32 Å². The highest BCUT2D eigenvalue weighted by molar-refractivity contribution is 6.70. The Labute approximate surface area is 128 Å². The monoisotopic (exact) mass is 304 g/mol. The molecule has 0 radical (unpaired) electrons. The number of fused-ring (bicyclic) bond motifs is 1. The van der Waals surface area contributed by atoms with Gasteiger partial charge in [-0.15, -0.1) is 0 Å². The molecule has 4 heteroatoms. The van der Waals surface area contributed by atoms with Crippen molar-refractivity contribution in [1.82, 2.24) is 0 Å². The fourth-order valence-corrected chi connectivity index (χ4v) is 3.20. The minimum Gasteiger partial charge on any atom is -0.544 e. The highest BCUT2D eigenvalue weighted by Crippen LogP contribution is 2.36. The molecule has 1 aliphatic rings. The summed E-state index contributed by atoms with van der Waals surface area (Å²) in [5.41, 5.74) is 0.979. The summed E-state index contributed by atoms with van der Waals surface area (Å²) in [6.07, 6.45) is 2.25. The smallest absolute Gasteiger partial charge is 0.242 e. The van der Waals surface area contributed by atoms with Gasteiger partial charge in [0, 0.05) is 6.42 Å². The number of ether oxygens (including phenoxy) is 1. The van der Waals surface area contributed by atoms with Gasteiger partial charge in [0.15, 0.2) is 0 Å². The van der Waals surface area contributed by atoms with E-state index in [2.05, 4.69) is 19.6 Å². The molecule has 0 fully saturated rings. The summed E-state index contributed by atoms with van der Waals surface area (Å²) in [5, 5.41) is 0. The Bertz CT molecular complexity index is 557. The van der Waals surface area contributed by atoms with Crippen LogP contribution in [0.1, 0.15) is 25.8 Å². The lowest BCUT2D eigenvalue weighted by Crippen LogP contribution is -2.33. The van der Waals surface area contributed by atoms with E-state index in [4.69, 9.17) is 9.16 Å². The van der Waals surface area contributed by atoms with Crippen LogP contribution in [-0.4, -0.2) is 20.2 Å². The molecule has 1 aromatic rings. The van der Waals surface area contributed by atoms with Crippen molar-refractivity contribution in [3.8, 4) is 5.75 Å². The van der Waals surface area contributed by atoms with E-state index in [9.17, 15) is 4.79 Å². The highest BCUT2D eigenvalue weighted by Gasteiger charge is 2.30. The lowest BCUT2D eigenvalue weighted by molar-refractivity contribution is -0.124. The minimum absolute atomic E-state index is 0.163. The van der Waals surface area contributed by atoms with E-state index in [-0.39, 0.29) is 17.8 Å². The molecule has 0 amide bonds. The van der Waals surface area contributed by atoms with Crippen molar-refractivity contribution >= 4 is 19.9 Å². The number of rotatable bonds is 5. The maximum Gasteiger partial charge on any atom is 0.242 e. The van der Waals surface area contributed by atoms with Crippen LogP contribution in [0, 0.1) is 5.92 Å². The molecule has 0 bridgehead atoms. The zero-order valence-corrected chi connectivity index (χ0v) is 14.5. The SMILES string of the molecule is CCC(=O)C(C)C1C=C(O[Si](C)(C)C)c2ccccc2O1. The van der Waals surface area contributed by atoms with Gasteiger partial charge in [-0.1, -0.05) is 26.0 Å². The third-order valence-electron chi connectivity index (χ3n) is 3.50. The van der Waals surface area contributed by atoms with Crippen molar-refractivity contribution in [2.24, 2.45) is 5.92 Å². The maximum absolute atomic E-state index is 12.0. The van der Waals surface area contributed by atoms with E-state index in [0.29, 0.717) is 6.42 Å². The molecule has 2 atom stereocenters. The topological polar surface area (TPSA) is 35.5 Å². The zero-order chi connectivity index (χ0) is 15.6. The average Bonchev–Trinajstić information content (AvgIpc) is 2.43. The molecule has 1 aliphatic heterocycles. The van der Waals surface area contributed by atoms with E-state index >= 15 is 0 Å². The second-order valence-corrected chi connectivity index (χ2v) is 10.9. The van der Waals surface area contributed by atoms with Gasteiger partial charge in [-0.3, -0.25) is 4.79 Å². The quantitative estimate of drug-likeness (QED) is 0.763. The summed E-state index contributed by atoms with van der Waals surface area (Å²) in [6.45, 7) is 10.3. The predicted octanol–water partition coefficient (Wildman–Crippen LogP) is 4.26. The van der Waals surface area contributed by atoms with Crippen molar-refractivity contribution in [2.75, 3.05) is 0 Å². The molecule has 21 heavy (non-hydrogen) atoms. The first kappa shape index (κ1) is 15.8. The summed E-state index contributed by atoms with van der Waals surface area (Å²) in [5.74, 6) is 1.71. The molecular formula is C17H24O3Si. The zero-order valence-electron chi connectivity index (χ0n) is 13.5. The predicted molar refractivity (Wildman–Crippen MR) is 87.7 cm³/mol. The number of hydrogen-bond acceptors (Lipinski definition) is 3. The number of hydrogen-bond donors (Lipinski definition) is 0. The summed E-state index contributed by atoms with van der Waals surface area (Å²) >= 11 is 0. The van der Waals surface area contributed by atoms with Crippen molar-refractivity contribution in [3.63, 3.8) is 0 Å². The molecule has 0 aromatic heterocycles. The first-order chi connectivity index (χ1) is 9.81. The fraction of sp³-hybridized carbons (Fsp3) is 0.471. The van der Waals surface area contributed by atoms with Gasteiger partial charge in [-0.05, 0) is 37.8 Å². The number of Topliss-reactive ketones (excluding diaryl/α,β-unsaturated/α-hetero) is 1. The van der Waals surface area contributed by atoms with Gasteiger partial charge in [0.25, 0.3) is 0 Å². The Balaban J connectivity index is 2.36.